The average Bonchev–Trinajstić information content (AvgIpc) is 2.90. The monoisotopic (exact) mass is 373 g/mol. The van der Waals surface area contributed by atoms with Gasteiger partial charge in [0.2, 0.25) is 0 Å². The fourth-order valence-corrected chi connectivity index (χ4v) is 3.77. The number of halogens is 1. The van der Waals surface area contributed by atoms with E-state index in [1.165, 1.54) is 12.7 Å². The highest BCUT2D eigenvalue weighted by Crippen LogP contribution is 2.34. The van der Waals surface area contributed by atoms with Gasteiger partial charge in [0.25, 0.3) is 0 Å². The SMILES string of the molecule is COC(=O)C1C(CI)CCN1C(C)c1ccccc1. The maximum Gasteiger partial charge on any atom is 0.323 e. The highest BCUT2D eigenvalue weighted by Gasteiger charge is 2.41. The number of carbonyl (C=O) groups is 1. The van der Waals surface area contributed by atoms with Gasteiger partial charge < -0.3 is 4.74 Å². The van der Waals surface area contributed by atoms with E-state index in [0.29, 0.717) is 5.92 Å². The predicted octanol–water partition coefficient (Wildman–Crippen LogP) is 3.05. The van der Waals surface area contributed by atoms with Crippen molar-refractivity contribution in [2.75, 3.05) is 18.1 Å². The number of rotatable bonds is 4. The Bertz CT molecular complexity index is 423. The van der Waals surface area contributed by atoms with Gasteiger partial charge in [-0.25, -0.2) is 0 Å². The number of hydrogen-bond acceptors (Lipinski definition) is 3. The summed E-state index contributed by atoms with van der Waals surface area (Å²) in [6.45, 7) is 3.13. The number of methoxy groups -OCH3 is 1. The molecule has 0 N–H and O–H groups in total. The van der Waals surface area contributed by atoms with Crippen LogP contribution >= 0.6 is 22.6 Å². The number of ether oxygens (including phenoxy) is 1. The number of esters is 1. The summed E-state index contributed by atoms with van der Waals surface area (Å²) >= 11 is 2.37. The number of hydrogen-bond donors (Lipinski definition) is 0. The molecule has 3 unspecified atom stereocenters. The molecule has 1 heterocycles. The minimum atomic E-state index is -0.0999. The maximum atomic E-state index is 12.1. The fourth-order valence-electron chi connectivity index (χ4n) is 2.85. The molecule has 3 nitrogen and oxygen atoms in total. The van der Waals surface area contributed by atoms with Gasteiger partial charge in [0.05, 0.1) is 7.11 Å². The van der Waals surface area contributed by atoms with E-state index in [-0.39, 0.29) is 18.1 Å². The van der Waals surface area contributed by atoms with Crippen LogP contribution in [0, 0.1) is 5.92 Å². The molecule has 0 aliphatic carbocycles. The molecule has 1 aliphatic rings. The Labute approximate surface area is 128 Å². The molecule has 1 saturated heterocycles. The van der Waals surface area contributed by atoms with Gasteiger partial charge in [-0.15, -0.1) is 0 Å². The molecule has 19 heavy (non-hydrogen) atoms. The van der Waals surface area contributed by atoms with E-state index in [9.17, 15) is 4.79 Å². The second kappa shape index (κ2) is 6.70. The van der Waals surface area contributed by atoms with Crippen LogP contribution in [-0.4, -0.2) is 35.0 Å². The van der Waals surface area contributed by atoms with Crippen LogP contribution in [0.5, 0.6) is 0 Å². The smallest absolute Gasteiger partial charge is 0.323 e. The van der Waals surface area contributed by atoms with Crippen LogP contribution < -0.4 is 0 Å². The van der Waals surface area contributed by atoms with Crippen LogP contribution in [0.1, 0.15) is 24.9 Å². The summed E-state index contributed by atoms with van der Waals surface area (Å²) in [5, 5.41) is 0. The van der Waals surface area contributed by atoms with E-state index in [1.54, 1.807) is 0 Å². The topological polar surface area (TPSA) is 29.5 Å². The first-order valence-electron chi connectivity index (χ1n) is 6.63. The van der Waals surface area contributed by atoms with Crippen molar-refractivity contribution in [3.63, 3.8) is 0 Å². The lowest BCUT2D eigenvalue weighted by Gasteiger charge is -2.31. The van der Waals surface area contributed by atoms with Crippen LogP contribution in [0.4, 0.5) is 0 Å². The third kappa shape index (κ3) is 3.11. The molecule has 0 saturated carbocycles. The molecule has 1 aromatic carbocycles. The molecule has 0 bridgehead atoms. The first-order chi connectivity index (χ1) is 9.19. The van der Waals surface area contributed by atoms with Gasteiger partial charge >= 0.3 is 5.97 Å². The van der Waals surface area contributed by atoms with Gasteiger partial charge in [-0.2, -0.15) is 0 Å². The highest BCUT2D eigenvalue weighted by molar-refractivity contribution is 14.1. The molecule has 1 aromatic rings. The molecule has 1 aliphatic heterocycles. The second-order valence-electron chi connectivity index (χ2n) is 5.00. The van der Waals surface area contributed by atoms with Gasteiger partial charge in [-0.3, -0.25) is 9.69 Å². The van der Waals surface area contributed by atoms with Gasteiger partial charge in [0.1, 0.15) is 6.04 Å². The number of likely N-dealkylation sites (tertiary alicyclic amines) is 1. The van der Waals surface area contributed by atoms with Crippen LogP contribution in [0.25, 0.3) is 0 Å². The normalized spacial score (nSPS) is 25.2. The Morgan fingerprint density at radius 2 is 2.16 bits per heavy atom. The number of benzene rings is 1. The molecule has 2 rings (SSSR count). The van der Waals surface area contributed by atoms with Crippen molar-refractivity contribution >= 4 is 28.6 Å². The van der Waals surface area contributed by atoms with Gasteiger partial charge in [0, 0.05) is 10.5 Å². The summed E-state index contributed by atoms with van der Waals surface area (Å²) in [4.78, 5) is 14.3. The summed E-state index contributed by atoms with van der Waals surface area (Å²) in [6, 6.07) is 10.5. The van der Waals surface area contributed by atoms with Crippen molar-refractivity contribution in [3.8, 4) is 0 Å². The maximum absolute atomic E-state index is 12.1. The van der Waals surface area contributed by atoms with Crippen molar-refractivity contribution in [1.82, 2.24) is 4.90 Å². The lowest BCUT2D eigenvalue weighted by atomic mass is 10.0. The summed E-state index contributed by atoms with van der Waals surface area (Å²) in [7, 11) is 1.48. The lowest BCUT2D eigenvalue weighted by Crippen LogP contribution is -2.42. The lowest BCUT2D eigenvalue weighted by molar-refractivity contribution is -0.147. The summed E-state index contributed by atoms with van der Waals surface area (Å²) in [6.07, 6.45) is 1.07. The van der Waals surface area contributed by atoms with Crippen LogP contribution in [0.3, 0.4) is 0 Å². The Morgan fingerprint density at radius 1 is 1.47 bits per heavy atom. The van der Waals surface area contributed by atoms with E-state index >= 15 is 0 Å². The first-order valence-corrected chi connectivity index (χ1v) is 8.16. The largest absolute Gasteiger partial charge is 0.468 e. The van der Waals surface area contributed by atoms with Crippen molar-refractivity contribution in [2.24, 2.45) is 5.92 Å². The zero-order valence-electron chi connectivity index (χ0n) is 11.4. The Kier molecular flexibility index (Phi) is 5.21. The molecule has 1 fully saturated rings. The van der Waals surface area contributed by atoms with E-state index in [4.69, 9.17) is 4.74 Å². The van der Waals surface area contributed by atoms with E-state index in [1.807, 2.05) is 18.2 Å². The molecule has 3 atom stereocenters. The van der Waals surface area contributed by atoms with Crippen LogP contribution in [0.2, 0.25) is 0 Å². The number of alkyl halides is 1. The standard InChI is InChI=1S/C15H20INO2/c1-11(12-6-4-3-5-7-12)17-9-8-13(10-16)14(17)15(18)19-2/h3-7,11,13-14H,8-10H2,1-2H3. The van der Waals surface area contributed by atoms with Crippen molar-refractivity contribution in [2.45, 2.75) is 25.4 Å². The zero-order valence-corrected chi connectivity index (χ0v) is 13.5. The van der Waals surface area contributed by atoms with Gasteiger partial charge in [-0.1, -0.05) is 52.9 Å². The molecule has 104 valence electrons. The van der Waals surface area contributed by atoms with Crippen molar-refractivity contribution in [3.05, 3.63) is 35.9 Å². The second-order valence-corrected chi connectivity index (χ2v) is 5.88. The quantitative estimate of drug-likeness (QED) is 0.462. The molecule has 0 spiro atoms. The molecule has 4 heteroatoms. The molecule has 0 amide bonds. The van der Waals surface area contributed by atoms with Gasteiger partial charge in [0.15, 0.2) is 0 Å². The predicted molar refractivity (Wildman–Crippen MR) is 84.4 cm³/mol. The van der Waals surface area contributed by atoms with Crippen LogP contribution in [-0.2, 0) is 9.53 Å². The third-order valence-electron chi connectivity index (χ3n) is 3.98. The minimum Gasteiger partial charge on any atom is -0.468 e. The first kappa shape index (κ1) is 14.8. The molecular weight excluding hydrogens is 353 g/mol. The highest BCUT2D eigenvalue weighted by atomic mass is 127. The van der Waals surface area contributed by atoms with E-state index in [0.717, 1.165) is 17.4 Å². The average molecular weight is 373 g/mol. The molecule has 0 radical (unpaired) electrons. The Balaban J connectivity index is 2.20. The van der Waals surface area contributed by atoms with Crippen LogP contribution in [0.15, 0.2) is 30.3 Å². The summed E-state index contributed by atoms with van der Waals surface area (Å²) in [5.41, 5.74) is 1.26. The van der Waals surface area contributed by atoms with Crippen molar-refractivity contribution < 1.29 is 9.53 Å². The summed E-state index contributed by atoms with van der Waals surface area (Å²) in [5.74, 6) is 0.307. The van der Waals surface area contributed by atoms with Gasteiger partial charge in [-0.05, 0) is 31.4 Å². The van der Waals surface area contributed by atoms with E-state index < -0.39 is 0 Å². The minimum absolute atomic E-state index is 0.0954. The molecule has 0 aromatic heterocycles. The number of carbonyl (C=O) groups excluding carboxylic acids is 1. The van der Waals surface area contributed by atoms with E-state index in [2.05, 4.69) is 46.5 Å². The third-order valence-corrected chi connectivity index (χ3v) is 5.11. The Hall–Kier alpha value is -0.620. The number of nitrogens with zero attached hydrogens (tertiary/aromatic N) is 1. The molecular formula is C15H20INO2. The Morgan fingerprint density at radius 3 is 2.74 bits per heavy atom. The fraction of sp³-hybridized carbons (Fsp3) is 0.533. The summed E-state index contributed by atoms with van der Waals surface area (Å²) < 4.78 is 5.99. The van der Waals surface area contributed by atoms with Crippen molar-refractivity contribution in [1.29, 1.82) is 0 Å². The zero-order chi connectivity index (χ0) is 13.8.